The van der Waals surface area contributed by atoms with Crippen molar-refractivity contribution in [3.63, 3.8) is 0 Å². The molecule has 0 spiro atoms. The van der Waals surface area contributed by atoms with E-state index in [1.165, 1.54) is 0 Å². The molecule has 156 valence electrons. The average Bonchev–Trinajstić information content (AvgIpc) is 2.77. The molecule has 0 radical (unpaired) electrons. The van der Waals surface area contributed by atoms with Crippen molar-refractivity contribution in [3.05, 3.63) is 71.8 Å². The number of carbonyl (C=O) groups is 1. The number of fused-ring (bicyclic) bond motifs is 1. The lowest BCUT2D eigenvalue weighted by Crippen LogP contribution is -2.43. The number of benzene rings is 3. The second-order valence-electron chi connectivity index (χ2n) is 7.65. The van der Waals surface area contributed by atoms with E-state index in [1.54, 1.807) is 12.0 Å². The normalized spacial score (nSPS) is 17.1. The molecule has 1 amide bonds. The predicted octanol–water partition coefficient (Wildman–Crippen LogP) is 4.08. The first-order valence-electron chi connectivity index (χ1n) is 10.0. The Hall–Kier alpha value is -2.70. The van der Waals surface area contributed by atoms with Crippen LogP contribution in [0.4, 0.5) is 0 Å². The number of amides is 1. The predicted molar refractivity (Wildman–Crippen MR) is 119 cm³/mol. The fourth-order valence-electron chi connectivity index (χ4n) is 3.89. The lowest BCUT2D eigenvalue weighted by Gasteiger charge is -2.27. The van der Waals surface area contributed by atoms with Gasteiger partial charge in [0, 0.05) is 25.8 Å². The van der Waals surface area contributed by atoms with Gasteiger partial charge in [0.25, 0.3) is 5.91 Å². The fraction of sp³-hybridized carbons (Fsp3) is 0.292. The Morgan fingerprint density at radius 3 is 2.20 bits per heavy atom. The fourth-order valence-corrected chi connectivity index (χ4v) is 5.09. The minimum atomic E-state index is -3.03. The lowest BCUT2D eigenvalue weighted by atomic mass is 9.93. The van der Waals surface area contributed by atoms with Crippen molar-refractivity contribution < 1.29 is 17.9 Å². The van der Waals surface area contributed by atoms with E-state index in [9.17, 15) is 13.2 Å². The molecule has 30 heavy (non-hydrogen) atoms. The Balaban J connectivity index is 1.71. The highest BCUT2D eigenvalue weighted by Crippen LogP contribution is 2.32. The van der Waals surface area contributed by atoms with E-state index < -0.39 is 9.84 Å². The summed E-state index contributed by atoms with van der Waals surface area (Å²) in [6.07, 6.45) is 0.0316. The molecule has 1 aliphatic heterocycles. The van der Waals surface area contributed by atoms with Gasteiger partial charge in [-0.1, -0.05) is 54.6 Å². The summed E-state index contributed by atoms with van der Waals surface area (Å²) in [6.45, 7) is 2.50. The Morgan fingerprint density at radius 1 is 0.933 bits per heavy atom. The van der Waals surface area contributed by atoms with Gasteiger partial charge in [0.1, 0.15) is 0 Å². The summed E-state index contributed by atoms with van der Waals surface area (Å²) in [6, 6.07) is 20.0. The van der Waals surface area contributed by atoms with E-state index in [1.807, 2.05) is 43.3 Å². The van der Waals surface area contributed by atoms with Crippen molar-refractivity contribution in [2.75, 3.05) is 31.7 Å². The first kappa shape index (κ1) is 20.6. The third-order valence-corrected chi connectivity index (χ3v) is 7.44. The Bertz CT molecular complexity index is 1170. The number of hydrogen-bond donors (Lipinski definition) is 0. The third kappa shape index (κ3) is 3.98. The Morgan fingerprint density at radius 2 is 1.57 bits per heavy atom. The zero-order chi connectivity index (χ0) is 21.3. The van der Waals surface area contributed by atoms with Crippen LogP contribution in [-0.4, -0.2) is 50.9 Å². The monoisotopic (exact) mass is 423 g/mol. The first-order chi connectivity index (χ1) is 14.4. The second-order valence-corrected chi connectivity index (χ2v) is 9.95. The molecule has 0 N–H and O–H groups in total. The summed E-state index contributed by atoms with van der Waals surface area (Å²) in [5.41, 5.74) is 3.84. The van der Waals surface area contributed by atoms with Crippen LogP contribution in [0.15, 0.2) is 60.7 Å². The molecule has 3 aromatic rings. The maximum atomic E-state index is 13.1. The maximum Gasteiger partial charge on any atom is 0.254 e. The quantitative estimate of drug-likeness (QED) is 0.634. The van der Waals surface area contributed by atoms with E-state index in [2.05, 4.69) is 24.3 Å². The van der Waals surface area contributed by atoms with Gasteiger partial charge in [-0.2, -0.15) is 0 Å². The Kier molecular flexibility index (Phi) is 5.62. The summed E-state index contributed by atoms with van der Waals surface area (Å²) in [4.78, 5) is 14.8. The number of methoxy groups -OCH3 is 1. The van der Waals surface area contributed by atoms with Gasteiger partial charge in [-0.3, -0.25) is 4.79 Å². The van der Waals surface area contributed by atoms with Crippen molar-refractivity contribution in [2.45, 2.75) is 13.0 Å². The third-order valence-electron chi connectivity index (χ3n) is 5.83. The summed E-state index contributed by atoms with van der Waals surface area (Å²) < 4.78 is 28.8. The summed E-state index contributed by atoms with van der Waals surface area (Å²) in [5.74, 6) is -0.0564. The van der Waals surface area contributed by atoms with Crippen LogP contribution in [0.1, 0.15) is 28.9 Å². The standard InChI is InChI=1S/C24H25NO4S/c1-17(29-2)18-7-9-19(10-8-18)20-11-12-23(22-6-4-3-5-21(20)22)24(26)25-13-15-30(27,28)16-14-25/h3-12,17H,13-16H2,1-2H3. The molecule has 1 atom stereocenters. The molecule has 3 aromatic carbocycles. The number of ether oxygens (including phenoxy) is 1. The van der Waals surface area contributed by atoms with Crippen molar-refractivity contribution in [1.29, 1.82) is 0 Å². The molecule has 0 aliphatic carbocycles. The highest BCUT2D eigenvalue weighted by molar-refractivity contribution is 7.91. The van der Waals surface area contributed by atoms with Crippen LogP contribution >= 0.6 is 0 Å². The number of sulfone groups is 1. The van der Waals surface area contributed by atoms with Crippen LogP contribution in [0.3, 0.4) is 0 Å². The van der Waals surface area contributed by atoms with E-state index in [4.69, 9.17) is 4.74 Å². The minimum Gasteiger partial charge on any atom is -0.377 e. The zero-order valence-electron chi connectivity index (χ0n) is 17.2. The number of rotatable bonds is 4. The smallest absolute Gasteiger partial charge is 0.254 e. The van der Waals surface area contributed by atoms with Crippen LogP contribution in [-0.2, 0) is 14.6 Å². The summed E-state index contributed by atoms with van der Waals surface area (Å²) >= 11 is 0. The van der Waals surface area contributed by atoms with Crippen molar-refractivity contribution in [3.8, 4) is 11.1 Å². The van der Waals surface area contributed by atoms with Gasteiger partial charge in [-0.15, -0.1) is 0 Å². The molecule has 0 bridgehead atoms. The number of hydrogen-bond acceptors (Lipinski definition) is 4. The molecule has 1 unspecified atom stereocenters. The highest BCUT2D eigenvalue weighted by Gasteiger charge is 2.26. The molecule has 1 aliphatic rings. The number of nitrogens with zero attached hydrogens (tertiary/aromatic N) is 1. The van der Waals surface area contributed by atoms with E-state index >= 15 is 0 Å². The van der Waals surface area contributed by atoms with Gasteiger partial charge in [0.15, 0.2) is 9.84 Å². The van der Waals surface area contributed by atoms with Crippen LogP contribution in [0.2, 0.25) is 0 Å². The second kappa shape index (κ2) is 8.20. The maximum absolute atomic E-state index is 13.1. The molecule has 0 aromatic heterocycles. The molecule has 4 rings (SSSR count). The van der Waals surface area contributed by atoms with Crippen LogP contribution in [0.5, 0.6) is 0 Å². The Labute approximate surface area is 177 Å². The largest absolute Gasteiger partial charge is 0.377 e. The van der Waals surface area contributed by atoms with Gasteiger partial charge in [-0.05, 0) is 40.5 Å². The van der Waals surface area contributed by atoms with Crippen LogP contribution in [0, 0.1) is 0 Å². The number of carbonyl (C=O) groups excluding carboxylic acids is 1. The molecule has 1 fully saturated rings. The average molecular weight is 424 g/mol. The van der Waals surface area contributed by atoms with Crippen LogP contribution < -0.4 is 0 Å². The lowest BCUT2D eigenvalue weighted by molar-refractivity contribution is 0.0772. The van der Waals surface area contributed by atoms with Gasteiger partial charge < -0.3 is 9.64 Å². The minimum absolute atomic E-state index is 0.0288. The van der Waals surface area contributed by atoms with Gasteiger partial charge >= 0.3 is 0 Å². The van der Waals surface area contributed by atoms with Crippen molar-refractivity contribution in [1.82, 2.24) is 4.90 Å². The van der Waals surface area contributed by atoms with E-state index in [0.717, 1.165) is 27.5 Å². The van der Waals surface area contributed by atoms with E-state index in [0.29, 0.717) is 5.56 Å². The van der Waals surface area contributed by atoms with Crippen molar-refractivity contribution >= 4 is 26.5 Å². The molecular weight excluding hydrogens is 398 g/mol. The van der Waals surface area contributed by atoms with E-state index in [-0.39, 0.29) is 36.6 Å². The first-order valence-corrected chi connectivity index (χ1v) is 11.9. The van der Waals surface area contributed by atoms with Crippen LogP contribution in [0.25, 0.3) is 21.9 Å². The van der Waals surface area contributed by atoms with Gasteiger partial charge in [0.05, 0.1) is 17.6 Å². The summed E-state index contributed by atoms with van der Waals surface area (Å²) in [5, 5.41) is 1.88. The SMILES string of the molecule is COC(C)c1ccc(-c2ccc(C(=O)N3CCS(=O)(=O)CC3)c3ccccc23)cc1. The molecule has 0 saturated carbocycles. The molecule has 6 heteroatoms. The molecule has 1 saturated heterocycles. The highest BCUT2D eigenvalue weighted by atomic mass is 32.2. The molecular formula is C24H25NO4S. The zero-order valence-corrected chi connectivity index (χ0v) is 18.0. The topological polar surface area (TPSA) is 63.7 Å². The van der Waals surface area contributed by atoms with Gasteiger partial charge in [0.2, 0.25) is 0 Å². The van der Waals surface area contributed by atoms with Crippen molar-refractivity contribution in [2.24, 2.45) is 0 Å². The molecule has 1 heterocycles. The van der Waals surface area contributed by atoms with Gasteiger partial charge in [-0.25, -0.2) is 8.42 Å². The molecule has 5 nitrogen and oxygen atoms in total. The summed E-state index contributed by atoms with van der Waals surface area (Å²) in [7, 11) is -1.34.